The minimum Gasteiger partial charge on any atom is -0.455 e. The summed E-state index contributed by atoms with van der Waals surface area (Å²) in [6.07, 6.45) is 0. The van der Waals surface area contributed by atoms with Crippen molar-refractivity contribution in [3.05, 3.63) is 176 Å². The highest BCUT2D eigenvalue weighted by Crippen LogP contribution is 2.42. The molecule has 0 aliphatic carbocycles. The maximum Gasteiger partial charge on any atom is 0.164 e. The largest absolute Gasteiger partial charge is 0.455 e. The highest BCUT2D eigenvalue weighted by atomic mass is 16.3. The summed E-state index contributed by atoms with van der Waals surface area (Å²) in [7, 11) is 0. The molecule has 0 spiro atoms. The van der Waals surface area contributed by atoms with Crippen molar-refractivity contribution in [1.82, 2.24) is 15.0 Å². The number of para-hydroxylation sites is 1. The van der Waals surface area contributed by atoms with Gasteiger partial charge in [-0.2, -0.15) is 0 Å². The molecule has 0 unspecified atom stereocenters. The summed E-state index contributed by atoms with van der Waals surface area (Å²) in [5.74, 6) is 1.85. The van der Waals surface area contributed by atoms with Crippen LogP contribution in [0.1, 0.15) is 0 Å². The number of nitrogens with zero attached hydrogens (tertiary/aromatic N) is 3. The van der Waals surface area contributed by atoms with Crippen LogP contribution in [0, 0.1) is 0 Å². The van der Waals surface area contributed by atoms with E-state index in [0.717, 1.165) is 55.1 Å². The highest BCUT2D eigenvalue weighted by Gasteiger charge is 2.21. The molecule has 0 aliphatic rings. The molecule has 2 aromatic heterocycles. The number of hydrogen-bond acceptors (Lipinski definition) is 4. The minimum atomic E-state index is 0.599. The number of aromatic nitrogens is 3. The van der Waals surface area contributed by atoms with Crippen LogP contribution in [0.4, 0.5) is 0 Å². The first-order valence-electron chi connectivity index (χ1n) is 17.1. The van der Waals surface area contributed by atoms with Crippen LogP contribution in [0.25, 0.3) is 99.9 Å². The molecule has 4 nitrogen and oxygen atoms in total. The molecule has 10 aromatic rings. The Morgan fingerprint density at radius 1 is 0.333 bits per heavy atom. The van der Waals surface area contributed by atoms with Gasteiger partial charge in [0.1, 0.15) is 11.2 Å². The third-order valence-electron chi connectivity index (χ3n) is 9.74. The van der Waals surface area contributed by atoms with Gasteiger partial charge in [-0.3, -0.25) is 0 Å². The van der Waals surface area contributed by atoms with Crippen LogP contribution in [-0.4, -0.2) is 15.0 Å². The van der Waals surface area contributed by atoms with Crippen LogP contribution in [0.2, 0.25) is 0 Å². The maximum atomic E-state index is 6.68. The molecule has 0 fully saturated rings. The summed E-state index contributed by atoms with van der Waals surface area (Å²) in [5.41, 5.74) is 8.87. The average Bonchev–Trinajstić information content (AvgIpc) is 3.60. The monoisotopic (exact) mass is 651 g/mol. The average molecular weight is 652 g/mol. The first kappa shape index (κ1) is 29.0. The van der Waals surface area contributed by atoms with E-state index >= 15 is 0 Å². The van der Waals surface area contributed by atoms with Gasteiger partial charge in [0.2, 0.25) is 0 Å². The van der Waals surface area contributed by atoms with Gasteiger partial charge < -0.3 is 4.42 Å². The lowest BCUT2D eigenvalue weighted by Gasteiger charge is -2.12. The number of rotatable bonds is 5. The molecule has 51 heavy (non-hydrogen) atoms. The lowest BCUT2D eigenvalue weighted by Crippen LogP contribution is -2.00. The second kappa shape index (κ2) is 11.9. The van der Waals surface area contributed by atoms with Gasteiger partial charge in [0.15, 0.2) is 17.5 Å². The fraction of sp³-hybridized carbons (Fsp3) is 0. The Balaban J connectivity index is 1.16. The fourth-order valence-corrected chi connectivity index (χ4v) is 7.22. The molecular formula is C47H29N3O. The molecule has 0 saturated heterocycles. The van der Waals surface area contributed by atoms with Crippen molar-refractivity contribution in [2.24, 2.45) is 0 Å². The predicted molar refractivity (Wildman–Crippen MR) is 209 cm³/mol. The van der Waals surface area contributed by atoms with Gasteiger partial charge in [-0.05, 0) is 62.5 Å². The van der Waals surface area contributed by atoms with Crippen molar-refractivity contribution in [1.29, 1.82) is 0 Å². The number of fused-ring (bicyclic) bond motifs is 5. The molecular weight excluding hydrogens is 623 g/mol. The summed E-state index contributed by atoms with van der Waals surface area (Å²) in [6, 6.07) is 61.1. The predicted octanol–water partition coefficient (Wildman–Crippen LogP) is 12.4. The molecule has 8 aromatic carbocycles. The van der Waals surface area contributed by atoms with E-state index in [1.807, 2.05) is 42.5 Å². The summed E-state index contributed by atoms with van der Waals surface area (Å²) >= 11 is 0. The molecule has 238 valence electrons. The van der Waals surface area contributed by atoms with Crippen molar-refractivity contribution in [2.45, 2.75) is 0 Å². The minimum absolute atomic E-state index is 0.599. The second-order valence-electron chi connectivity index (χ2n) is 12.8. The Morgan fingerprint density at radius 2 is 0.922 bits per heavy atom. The van der Waals surface area contributed by atoms with Gasteiger partial charge >= 0.3 is 0 Å². The molecule has 0 bridgehead atoms. The van der Waals surface area contributed by atoms with E-state index in [0.29, 0.717) is 17.5 Å². The molecule has 0 N–H and O–H groups in total. The maximum absolute atomic E-state index is 6.68. The van der Waals surface area contributed by atoms with Crippen LogP contribution >= 0.6 is 0 Å². The summed E-state index contributed by atoms with van der Waals surface area (Å²) < 4.78 is 6.68. The van der Waals surface area contributed by atoms with E-state index in [-0.39, 0.29) is 0 Å². The van der Waals surface area contributed by atoms with Gasteiger partial charge in [-0.25, -0.2) is 15.0 Å². The Labute approximate surface area is 294 Å². The lowest BCUT2D eigenvalue weighted by molar-refractivity contribution is 0.670. The molecule has 0 radical (unpaired) electrons. The molecule has 0 saturated carbocycles. The zero-order chi connectivity index (χ0) is 33.7. The second-order valence-corrected chi connectivity index (χ2v) is 12.8. The standard InChI is InChI=1S/C47H29N3O/c1-2-13-34(14-3-1)45-48-46(36-26-21-30-11-4-5-15-35(30)29-36)50-47(49-45)41-28-27-39(44-43(41)40-18-8-9-20-42(40)51-44)33-24-22-32(23-25-33)38-19-10-16-31-12-6-7-17-37(31)38/h1-29H. The normalized spacial score (nSPS) is 11.5. The molecule has 10 rings (SSSR count). The van der Waals surface area contributed by atoms with Gasteiger partial charge in [0.05, 0.1) is 0 Å². The van der Waals surface area contributed by atoms with Gasteiger partial charge in [-0.1, -0.05) is 152 Å². The molecule has 0 atom stereocenters. The number of furan rings is 1. The quantitative estimate of drug-likeness (QED) is 0.186. The van der Waals surface area contributed by atoms with Crippen LogP contribution < -0.4 is 0 Å². The van der Waals surface area contributed by atoms with Crippen molar-refractivity contribution >= 4 is 43.5 Å². The van der Waals surface area contributed by atoms with Crippen molar-refractivity contribution < 1.29 is 4.42 Å². The summed E-state index contributed by atoms with van der Waals surface area (Å²) in [4.78, 5) is 15.3. The number of hydrogen-bond donors (Lipinski definition) is 0. The van der Waals surface area contributed by atoms with E-state index in [1.54, 1.807) is 0 Å². The van der Waals surface area contributed by atoms with E-state index in [1.165, 1.54) is 27.3 Å². The Hall–Kier alpha value is -6.91. The third-order valence-corrected chi connectivity index (χ3v) is 9.74. The fourth-order valence-electron chi connectivity index (χ4n) is 7.22. The zero-order valence-corrected chi connectivity index (χ0v) is 27.5. The third kappa shape index (κ3) is 5.04. The number of benzene rings is 8. The highest BCUT2D eigenvalue weighted by molar-refractivity contribution is 6.16. The van der Waals surface area contributed by atoms with E-state index < -0.39 is 0 Å². The topological polar surface area (TPSA) is 51.8 Å². The molecule has 4 heteroatoms. The van der Waals surface area contributed by atoms with E-state index in [4.69, 9.17) is 19.4 Å². The SMILES string of the molecule is c1ccc(-c2nc(-c3ccc4ccccc4c3)nc(-c3ccc(-c4ccc(-c5cccc6ccccc56)cc4)c4oc5ccccc5c34)n2)cc1. The van der Waals surface area contributed by atoms with Crippen LogP contribution in [0.3, 0.4) is 0 Å². The molecule has 0 aliphatic heterocycles. The molecule has 2 heterocycles. The molecule has 0 amide bonds. The first-order chi connectivity index (χ1) is 25.3. The lowest BCUT2D eigenvalue weighted by atomic mass is 9.94. The van der Waals surface area contributed by atoms with Crippen LogP contribution in [0.15, 0.2) is 180 Å². The Bertz CT molecular complexity index is 2900. The van der Waals surface area contributed by atoms with Crippen molar-refractivity contribution in [2.75, 3.05) is 0 Å². The van der Waals surface area contributed by atoms with Crippen LogP contribution in [-0.2, 0) is 0 Å². The van der Waals surface area contributed by atoms with Gasteiger partial charge in [-0.15, -0.1) is 0 Å². The van der Waals surface area contributed by atoms with Crippen LogP contribution in [0.5, 0.6) is 0 Å². The van der Waals surface area contributed by atoms with Crippen molar-refractivity contribution in [3.63, 3.8) is 0 Å². The summed E-state index contributed by atoms with van der Waals surface area (Å²) in [6.45, 7) is 0. The summed E-state index contributed by atoms with van der Waals surface area (Å²) in [5, 5.41) is 6.79. The van der Waals surface area contributed by atoms with Gasteiger partial charge in [0.25, 0.3) is 0 Å². The van der Waals surface area contributed by atoms with E-state index in [9.17, 15) is 0 Å². The Morgan fingerprint density at radius 3 is 1.75 bits per heavy atom. The zero-order valence-electron chi connectivity index (χ0n) is 27.5. The van der Waals surface area contributed by atoms with Crippen molar-refractivity contribution in [3.8, 4) is 56.4 Å². The van der Waals surface area contributed by atoms with Gasteiger partial charge in [0, 0.05) is 33.0 Å². The first-order valence-corrected chi connectivity index (χ1v) is 17.1. The smallest absolute Gasteiger partial charge is 0.164 e. The Kier molecular flexibility index (Phi) is 6.78. The van der Waals surface area contributed by atoms with E-state index in [2.05, 4.69) is 133 Å².